The maximum Gasteiger partial charge on any atom is 0.392 e. The molecule has 0 aliphatic carbocycles. The van der Waals surface area contributed by atoms with Crippen LogP contribution in [0.2, 0.25) is 0 Å². The highest BCUT2D eigenvalue weighted by molar-refractivity contribution is 7.22. The number of pyridine rings is 1. The first-order valence-corrected chi connectivity index (χ1v) is 29.5. The molecule has 1 unspecified atom stereocenters. The van der Waals surface area contributed by atoms with E-state index in [-0.39, 0.29) is 35.9 Å². The third-order valence-electron chi connectivity index (χ3n) is 15.6. The Morgan fingerprint density at radius 3 is 2.28 bits per heavy atom. The van der Waals surface area contributed by atoms with Crippen molar-refractivity contribution in [3.05, 3.63) is 172 Å². The van der Waals surface area contributed by atoms with Crippen LogP contribution in [-0.2, 0) is 33.8 Å². The zero-order valence-corrected chi connectivity index (χ0v) is 49.1. The minimum Gasteiger partial charge on any atom is -0.476 e. The molecule has 10 rings (SSSR count). The predicted octanol–water partition coefficient (Wildman–Crippen LogP) is 11.9. The van der Waals surface area contributed by atoms with Gasteiger partial charge in [-0.1, -0.05) is 105 Å². The number of β-amino-alcohol motifs (C(OH)–C–C–N with tert-alkyl or cyclic N) is 1. The van der Waals surface area contributed by atoms with Crippen molar-refractivity contribution in [1.29, 1.82) is 0 Å². The number of amides is 4. The molecule has 8 aromatic rings. The van der Waals surface area contributed by atoms with Crippen LogP contribution in [-0.4, -0.2) is 97.1 Å². The number of hydrogen-bond donors (Lipinski definition) is 5. The molecule has 2 aliphatic rings. The number of nitrogens with zero attached hydrogens (tertiary/aromatic N) is 5. The number of aromatic nitrogens is 3. The van der Waals surface area contributed by atoms with Gasteiger partial charge in [0.1, 0.15) is 29.4 Å². The number of aliphatic hydroxyl groups excluding tert-OH is 1. The molecular weight excluding hydrogens is 1130 g/mol. The minimum absolute atomic E-state index is 0.0679. The fourth-order valence-electron chi connectivity index (χ4n) is 11.0. The van der Waals surface area contributed by atoms with Gasteiger partial charge in [0.15, 0.2) is 10.8 Å². The van der Waals surface area contributed by atoms with Gasteiger partial charge in [-0.05, 0) is 127 Å². The summed E-state index contributed by atoms with van der Waals surface area (Å²) in [5, 5.41) is 30.2. The van der Waals surface area contributed by atoms with E-state index in [0.717, 1.165) is 43.0 Å². The number of fused-ring (bicyclic) bond motifs is 2. The van der Waals surface area contributed by atoms with Crippen molar-refractivity contribution in [2.24, 2.45) is 11.3 Å². The molecule has 3 aromatic heterocycles. The number of ether oxygens (including phenoxy) is 1. The Morgan fingerprint density at radius 2 is 1.59 bits per heavy atom. The van der Waals surface area contributed by atoms with Crippen LogP contribution in [0.4, 0.5) is 24.1 Å². The summed E-state index contributed by atoms with van der Waals surface area (Å²) in [7, 11) is 0. The topological polar surface area (TPSA) is 216 Å². The van der Waals surface area contributed by atoms with Gasteiger partial charge in [-0.25, -0.2) is 19.7 Å². The van der Waals surface area contributed by atoms with Crippen LogP contribution in [0.3, 0.4) is 0 Å². The molecule has 2 aliphatic heterocycles. The Balaban J connectivity index is 0.775. The SMILES string of the molecule is Cc1ncsc1-c1ccc([C@H](C)NC(=O)C2C[C@@H](O)CN2C(=O)[C@@H](NC(=O)C[C@H](Cc2ccc(Oc3cccc(-c4ccc(N5CCc6cccc(C(=O)Nc7nc8ccccc8s7)c6C5)nc4C(=O)O)c3C)cc2)C(F)(F)F)C(C)(C)C)cc1. The number of alkyl halides is 3. The van der Waals surface area contributed by atoms with E-state index in [1.807, 2.05) is 72.5 Å². The molecule has 0 bridgehead atoms. The minimum atomic E-state index is -4.81. The lowest BCUT2D eigenvalue weighted by atomic mass is 9.85. The second kappa shape index (κ2) is 24.6. The van der Waals surface area contributed by atoms with Gasteiger partial charge in [0.2, 0.25) is 17.7 Å². The monoisotopic (exact) mass is 1190 g/mol. The molecule has 16 nitrogen and oxygen atoms in total. The number of carboxylic acid groups (broad SMARTS) is 1. The summed E-state index contributed by atoms with van der Waals surface area (Å²) in [6, 6.07) is 32.5. The normalized spacial score (nSPS) is 16.3. The van der Waals surface area contributed by atoms with Crippen LogP contribution in [0.25, 0.3) is 31.8 Å². The van der Waals surface area contributed by atoms with E-state index >= 15 is 0 Å². The first-order chi connectivity index (χ1) is 40.5. The number of thiazole rings is 2. The van der Waals surface area contributed by atoms with Gasteiger partial charge in [0.25, 0.3) is 5.91 Å². The van der Waals surface area contributed by atoms with Crippen molar-refractivity contribution in [3.8, 4) is 33.1 Å². The molecule has 0 saturated carbocycles. The van der Waals surface area contributed by atoms with Crippen molar-refractivity contribution in [2.75, 3.05) is 23.3 Å². The van der Waals surface area contributed by atoms with Gasteiger partial charge >= 0.3 is 12.1 Å². The molecule has 0 spiro atoms. The molecule has 21 heteroatoms. The summed E-state index contributed by atoms with van der Waals surface area (Å²) in [5.74, 6) is -4.88. The van der Waals surface area contributed by atoms with Gasteiger partial charge in [-0.15, -0.1) is 11.3 Å². The number of benzene rings is 5. The summed E-state index contributed by atoms with van der Waals surface area (Å²) < 4.78 is 51.6. The number of para-hydroxylation sites is 1. The largest absolute Gasteiger partial charge is 0.476 e. The van der Waals surface area contributed by atoms with Crippen LogP contribution in [0.15, 0.2) is 127 Å². The van der Waals surface area contributed by atoms with E-state index in [4.69, 9.17) is 4.74 Å². The van der Waals surface area contributed by atoms with Crippen molar-refractivity contribution >= 4 is 73.4 Å². The Labute approximate surface area is 497 Å². The number of nitrogens with one attached hydrogen (secondary N) is 3. The molecule has 0 radical (unpaired) electrons. The van der Waals surface area contributed by atoms with E-state index in [2.05, 4.69) is 30.9 Å². The van der Waals surface area contributed by atoms with E-state index in [9.17, 15) is 47.4 Å². The van der Waals surface area contributed by atoms with Crippen LogP contribution >= 0.6 is 22.7 Å². The van der Waals surface area contributed by atoms with Crippen LogP contribution in [0, 0.1) is 25.2 Å². The molecule has 440 valence electrons. The van der Waals surface area contributed by atoms with Crippen molar-refractivity contribution < 1.29 is 52.1 Å². The first kappa shape index (κ1) is 59.6. The number of halogens is 3. The number of hydrogen-bond acceptors (Lipinski definition) is 13. The molecule has 1 saturated heterocycles. The number of carbonyl (C=O) groups excluding carboxylic acids is 4. The predicted molar refractivity (Wildman–Crippen MR) is 321 cm³/mol. The van der Waals surface area contributed by atoms with Gasteiger partial charge in [-0.3, -0.25) is 24.5 Å². The second-order valence-corrected chi connectivity index (χ2v) is 24.5. The number of anilines is 2. The number of rotatable bonds is 17. The zero-order valence-electron chi connectivity index (χ0n) is 47.5. The first-order valence-electron chi connectivity index (χ1n) is 27.8. The second-order valence-electron chi connectivity index (χ2n) is 22.6. The van der Waals surface area contributed by atoms with E-state index in [1.165, 1.54) is 51.8 Å². The third kappa shape index (κ3) is 13.4. The van der Waals surface area contributed by atoms with Crippen molar-refractivity contribution in [1.82, 2.24) is 30.5 Å². The maximum absolute atomic E-state index is 14.8. The van der Waals surface area contributed by atoms with E-state index in [0.29, 0.717) is 58.5 Å². The standard InChI is InChI=1S/C64H63F3N8O8S2/c1-35-45(46-25-26-53(71-55(46)61(81)82)74-28-27-40-11-9-13-47(48(40)33-74)58(78)73-62-70-49-14-7-8-16-52(49)85-62)12-10-15-51(35)83-44-23-17-38(18-24-44)29-42(64(65,66)67)30-54(77)72-57(63(4,5)6)60(80)75-32-43(76)31-50(75)59(79)69-36(2)39-19-21-41(22-20-39)56-37(3)68-34-84-56/h7-26,34,36,42-43,50,57,76H,27-33H2,1-6H3,(H,69,79)(H,72,77)(H,81,82)(H,70,73,78)/t36-,42-,43+,50?,57+/m0/s1. The molecule has 5 heterocycles. The molecule has 5 aromatic carbocycles. The van der Waals surface area contributed by atoms with Gasteiger partial charge in [0, 0.05) is 43.6 Å². The average Bonchev–Trinajstić information content (AvgIpc) is 3.03. The quantitative estimate of drug-likeness (QED) is 0.0576. The fraction of sp³-hybridized carbons (Fsp3) is 0.312. The zero-order chi connectivity index (χ0) is 60.5. The summed E-state index contributed by atoms with van der Waals surface area (Å²) in [6.45, 7) is 11.1. The fourth-order valence-corrected chi connectivity index (χ4v) is 12.6. The van der Waals surface area contributed by atoms with Crippen LogP contribution < -0.4 is 25.6 Å². The van der Waals surface area contributed by atoms with Crippen molar-refractivity contribution in [3.63, 3.8) is 0 Å². The lowest BCUT2D eigenvalue weighted by molar-refractivity contribution is -0.179. The Kier molecular flexibility index (Phi) is 17.2. The Morgan fingerprint density at radius 1 is 0.847 bits per heavy atom. The van der Waals surface area contributed by atoms with Gasteiger partial charge < -0.3 is 35.4 Å². The number of aromatic carboxylic acids is 1. The summed E-state index contributed by atoms with van der Waals surface area (Å²) in [6.07, 6.45) is -6.91. The average molecular weight is 1190 g/mol. The smallest absolute Gasteiger partial charge is 0.392 e. The molecule has 85 heavy (non-hydrogen) atoms. The Hall–Kier alpha value is -8.53. The van der Waals surface area contributed by atoms with E-state index < -0.39 is 78.3 Å². The summed E-state index contributed by atoms with van der Waals surface area (Å²) in [5.41, 5.74) is 8.02. The maximum atomic E-state index is 14.8. The van der Waals surface area contributed by atoms with Crippen LogP contribution in [0.5, 0.6) is 11.5 Å². The van der Waals surface area contributed by atoms with Crippen molar-refractivity contribution in [2.45, 2.75) is 104 Å². The molecular formula is C64H63F3N8O8S2. The number of aliphatic hydroxyl groups is 1. The number of likely N-dealkylation sites (tertiary alicyclic amines) is 1. The third-order valence-corrected chi connectivity index (χ3v) is 17.5. The van der Waals surface area contributed by atoms with Gasteiger partial charge in [0.05, 0.1) is 44.4 Å². The summed E-state index contributed by atoms with van der Waals surface area (Å²) in [4.78, 5) is 86.1. The molecule has 5 N–H and O–H groups in total. The highest BCUT2D eigenvalue weighted by Crippen LogP contribution is 2.39. The molecule has 1 fully saturated rings. The lowest BCUT2D eigenvalue weighted by Gasteiger charge is -2.36. The number of aryl methyl sites for hydroxylation is 1. The number of carbonyl (C=O) groups is 5. The van der Waals surface area contributed by atoms with Crippen LogP contribution in [0.1, 0.15) is 101 Å². The highest BCUT2D eigenvalue weighted by atomic mass is 32.1. The Bertz CT molecular complexity index is 3790. The highest BCUT2D eigenvalue weighted by Gasteiger charge is 2.46. The van der Waals surface area contributed by atoms with Gasteiger partial charge in [-0.2, -0.15) is 13.2 Å². The lowest BCUT2D eigenvalue weighted by Crippen LogP contribution is -2.58. The summed E-state index contributed by atoms with van der Waals surface area (Å²) >= 11 is 2.90. The number of carboxylic acids is 1. The molecule has 5 atom stereocenters. The van der Waals surface area contributed by atoms with E-state index in [1.54, 1.807) is 76.5 Å². The molecule has 4 amide bonds.